The van der Waals surface area contributed by atoms with Crippen LogP contribution in [0.1, 0.15) is 22.3 Å². The van der Waals surface area contributed by atoms with Gasteiger partial charge in [-0.2, -0.15) is 15.5 Å². The van der Waals surface area contributed by atoms with Crippen molar-refractivity contribution in [3.63, 3.8) is 0 Å². The van der Waals surface area contributed by atoms with Crippen LogP contribution in [0, 0.1) is 22.7 Å². The summed E-state index contributed by atoms with van der Waals surface area (Å²) in [6, 6.07) is 18.6. The normalized spacial score (nSPS) is 16.3. The van der Waals surface area contributed by atoms with Crippen LogP contribution in [0.2, 0.25) is 0 Å². The molecule has 0 bridgehead atoms. The molecule has 134 valence electrons. The average Bonchev–Trinajstić information content (AvgIpc) is 3.00. The molecule has 2 aliphatic heterocycles. The molecular formula is C22H15N5O. The maximum absolute atomic E-state index is 13.1. The van der Waals surface area contributed by atoms with E-state index >= 15 is 0 Å². The number of carbonyl (C=O) groups is 1. The first-order valence-corrected chi connectivity index (χ1v) is 8.76. The number of carbonyl (C=O) groups excluding carboxylic acids is 1. The molecular weight excluding hydrogens is 350 g/mol. The molecule has 4 rings (SSSR count). The van der Waals surface area contributed by atoms with E-state index in [-0.39, 0.29) is 5.91 Å². The van der Waals surface area contributed by atoms with Gasteiger partial charge in [-0.15, -0.1) is 0 Å². The Hall–Kier alpha value is -4.03. The van der Waals surface area contributed by atoms with Crippen molar-refractivity contribution in [2.24, 2.45) is 9.98 Å². The fourth-order valence-electron chi connectivity index (χ4n) is 3.53. The summed E-state index contributed by atoms with van der Waals surface area (Å²) in [5.41, 5.74) is 2.07. The number of hydrogen-bond acceptors (Lipinski definition) is 5. The number of allylic oxidation sites excluding steroid dienone is 1. The van der Waals surface area contributed by atoms with Gasteiger partial charge < -0.3 is 4.90 Å². The van der Waals surface area contributed by atoms with Gasteiger partial charge in [0.05, 0.1) is 23.3 Å². The smallest absolute Gasteiger partial charge is 0.275 e. The molecule has 6 nitrogen and oxygen atoms in total. The lowest BCUT2D eigenvalue weighted by molar-refractivity contribution is -0.124. The minimum absolute atomic E-state index is 0.250. The van der Waals surface area contributed by atoms with Crippen molar-refractivity contribution in [2.75, 3.05) is 0 Å². The lowest BCUT2D eigenvalue weighted by atomic mass is 9.83. The second kappa shape index (κ2) is 6.94. The lowest BCUT2D eigenvalue weighted by Gasteiger charge is -2.36. The molecule has 1 amide bonds. The van der Waals surface area contributed by atoms with E-state index in [4.69, 9.17) is 10.5 Å². The summed E-state index contributed by atoms with van der Waals surface area (Å²) >= 11 is 0. The van der Waals surface area contributed by atoms with Gasteiger partial charge in [-0.1, -0.05) is 24.3 Å². The zero-order valence-electron chi connectivity index (χ0n) is 14.9. The van der Waals surface area contributed by atoms with Gasteiger partial charge in [0.25, 0.3) is 5.91 Å². The Kier molecular flexibility index (Phi) is 4.31. The second-order valence-corrected chi connectivity index (χ2v) is 6.71. The van der Waals surface area contributed by atoms with Crippen LogP contribution < -0.4 is 0 Å². The molecule has 0 atom stereocenters. The molecule has 0 saturated heterocycles. The molecule has 28 heavy (non-hydrogen) atoms. The number of guanidine groups is 1. The number of benzene rings is 2. The van der Waals surface area contributed by atoms with Crippen molar-refractivity contribution in [3.05, 3.63) is 83.1 Å². The zero-order chi connectivity index (χ0) is 19.6. The molecule has 2 aromatic carbocycles. The summed E-state index contributed by atoms with van der Waals surface area (Å²) in [6.45, 7) is 0. The monoisotopic (exact) mass is 365 g/mol. The van der Waals surface area contributed by atoms with Crippen molar-refractivity contribution in [1.29, 1.82) is 10.5 Å². The Labute approximate surface area is 162 Å². The van der Waals surface area contributed by atoms with Crippen molar-refractivity contribution in [1.82, 2.24) is 4.90 Å². The van der Waals surface area contributed by atoms with Crippen molar-refractivity contribution < 1.29 is 4.79 Å². The molecule has 0 saturated carbocycles. The van der Waals surface area contributed by atoms with E-state index in [1.165, 1.54) is 0 Å². The number of fused-ring (bicyclic) bond motifs is 1. The first-order chi connectivity index (χ1) is 13.6. The van der Waals surface area contributed by atoms with Crippen LogP contribution in [0.25, 0.3) is 0 Å². The number of hydrogen-bond donors (Lipinski definition) is 0. The second-order valence-electron chi connectivity index (χ2n) is 6.71. The van der Waals surface area contributed by atoms with Gasteiger partial charge in [0, 0.05) is 25.3 Å². The molecule has 0 aliphatic carbocycles. The van der Waals surface area contributed by atoms with Crippen molar-refractivity contribution in [2.45, 2.75) is 18.4 Å². The Morgan fingerprint density at radius 1 is 0.893 bits per heavy atom. The summed E-state index contributed by atoms with van der Waals surface area (Å²) < 4.78 is 0. The van der Waals surface area contributed by atoms with Gasteiger partial charge in [0.1, 0.15) is 5.54 Å². The van der Waals surface area contributed by atoms with Crippen LogP contribution in [-0.2, 0) is 17.6 Å². The zero-order valence-corrected chi connectivity index (χ0v) is 14.9. The number of amides is 1. The minimum atomic E-state index is -0.939. The van der Waals surface area contributed by atoms with Gasteiger partial charge in [0.15, 0.2) is 0 Å². The molecule has 2 heterocycles. The Balaban J connectivity index is 1.73. The summed E-state index contributed by atoms with van der Waals surface area (Å²) in [4.78, 5) is 23.3. The largest absolute Gasteiger partial charge is 0.301 e. The van der Waals surface area contributed by atoms with E-state index in [2.05, 4.69) is 22.1 Å². The molecule has 0 radical (unpaired) electrons. The van der Waals surface area contributed by atoms with Crippen LogP contribution in [0.15, 0.2) is 70.8 Å². The summed E-state index contributed by atoms with van der Waals surface area (Å²) in [5, 5.41) is 18.0. The Bertz CT molecular complexity index is 1040. The fourth-order valence-corrected chi connectivity index (χ4v) is 3.53. The maximum Gasteiger partial charge on any atom is 0.275 e. The van der Waals surface area contributed by atoms with Gasteiger partial charge in [-0.05, 0) is 41.5 Å². The highest BCUT2D eigenvalue weighted by Gasteiger charge is 2.50. The van der Waals surface area contributed by atoms with E-state index in [1.807, 2.05) is 35.4 Å². The lowest BCUT2D eigenvalue weighted by Crippen LogP contribution is -2.52. The predicted molar refractivity (Wildman–Crippen MR) is 104 cm³/mol. The fraction of sp³-hybridized carbons (Fsp3) is 0.136. The Morgan fingerprint density at radius 3 is 1.93 bits per heavy atom. The molecule has 0 fully saturated rings. The highest BCUT2D eigenvalue weighted by Crippen LogP contribution is 2.34. The molecule has 6 heteroatoms. The van der Waals surface area contributed by atoms with Crippen LogP contribution in [0.4, 0.5) is 0 Å². The number of nitriles is 2. The number of rotatable bonds is 4. The first-order valence-electron chi connectivity index (χ1n) is 8.76. The van der Waals surface area contributed by atoms with Gasteiger partial charge in [0.2, 0.25) is 5.96 Å². The van der Waals surface area contributed by atoms with Crippen LogP contribution in [-0.4, -0.2) is 28.5 Å². The molecule has 0 unspecified atom stereocenters. The van der Waals surface area contributed by atoms with E-state index < -0.39 is 5.54 Å². The maximum atomic E-state index is 13.1. The van der Waals surface area contributed by atoms with Gasteiger partial charge >= 0.3 is 0 Å². The van der Waals surface area contributed by atoms with Crippen LogP contribution in [0.5, 0.6) is 0 Å². The molecule has 0 aromatic heterocycles. The topological polar surface area (TPSA) is 92.6 Å². The number of aliphatic imine (C=N–C) groups is 2. The molecule has 2 aromatic rings. The summed E-state index contributed by atoms with van der Waals surface area (Å²) in [5.74, 6) is 0.134. The van der Waals surface area contributed by atoms with E-state index in [9.17, 15) is 4.79 Å². The predicted octanol–water partition coefficient (Wildman–Crippen LogP) is 2.75. The highest BCUT2D eigenvalue weighted by atomic mass is 16.2. The van der Waals surface area contributed by atoms with E-state index in [0.717, 1.165) is 11.1 Å². The van der Waals surface area contributed by atoms with Crippen LogP contribution in [0.3, 0.4) is 0 Å². The van der Waals surface area contributed by atoms with E-state index in [0.29, 0.717) is 29.9 Å². The third-order valence-corrected chi connectivity index (χ3v) is 4.95. The van der Waals surface area contributed by atoms with Crippen LogP contribution >= 0.6 is 0 Å². The molecule has 2 aliphatic rings. The number of nitrogens with zero attached hydrogens (tertiary/aromatic N) is 5. The van der Waals surface area contributed by atoms with Gasteiger partial charge in [-0.25, -0.2) is 4.99 Å². The van der Waals surface area contributed by atoms with Crippen molar-refractivity contribution >= 4 is 18.1 Å². The average molecular weight is 365 g/mol. The third kappa shape index (κ3) is 2.98. The highest BCUT2D eigenvalue weighted by molar-refractivity contribution is 6.10. The van der Waals surface area contributed by atoms with E-state index in [1.54, 1.807) is 36.6 Å². The SMILES string of the molecule is N#Cc1ccc(CC2(Cc3ccc(C#N)cc3)C(=O)N=C3N=CC=CN32)cc1. The quantitative estimate of drug-likeness (QED) is 0.833. The van der Waals surface area contributed by atoms with Crippen molar-refractivity contribution in [3.8, 4) is 12.1 Å². The standard InChI is InChI=1S/C22H15N5O/c23-14-18-6-2-16(3-7-18)12-22(13-17-4-8-19(15-24)9-5-17)20(28)26-21-25-10-1-11-27(21)22/h1-11H,12-13H2. The molecule has 0 spiro atoms. The third-order valence-electron chi connectivity index (χ3n) is 4.95. The molecule has 0 N–H and O–H groups in total. The summed E-state index contributed by atoms with van der Waals surface area (Å²) in [7, 11) is 0. The first kappa shape index (κ1) is 17.4. The Morgan fingerprint density at radius 2 is 1.43 bits per heavy atom. The summed E-state index contributed by atoms with van der Waals surface area (Å²) in [6.07, 6.45) is 6.06. The minimum Gasteiger partial charge on any atom is -0.301 e. The van der Waals surface area contributed by atoms with Gasteiger partial charge in [-0.3, -0.25) is 4.79 Å².